The maximum absolute atomic E-state index is 5.40. The molecular weight excluding hydrogens is 606 g/mol. The maximum Gasteiger partial charge on any atom is 0.0110 e. The summed E-state index contributed by atoms with van der Waals surface area (Å²) in [4.78, 5) is 13.0. The van der Waals surface area contributed by atoms with Crippen LogP contribution in [0.15, 0.2) is 0 Å². The summed E-state index contributed by atoms with van der Waals surface area (Å²) >= 11 is 0. The second-order valence-electron chi connectivity index (χ2n) is 10.00. The molecule has 4 aliphatic rings. The Balaban J connectivity index is 0.000000502. The van der Waals surface area contributed by atoms with Crippen molar-refractivity contribution in [3.8, 4) is 0 Å². The Morgan fingerprint density at radius 3 is 0.972 bits per heavy atom. The van der Waals surface area contributed by atoms with Crippen LogP contribution in [0.4, 0.5) is 0 Å². The van der Waals surface area contributed by atoms with Gasteiger partial charge in [0.25, 0.3) is 0 Å². The van der Waals surface area contributed by atoms with Crippen molar-refractivity contribution < 1.29 is 18.6 Å². The second-order valence-corrected chi connectivity index (χ2v) is 10.00. The minimum Gasteiger partial charge on any atom is -0.329 e. The third-order valence-electron chi connectivity index (χ3n) is 7.48. The second kappa shape index (κ2) is 22.7. The molecule has 4 saturated heterocycles. The van der Waals surface area contributed by atoms with E-state index in [0.717, 1.165) is 78.5 Å². The molecule has 4 fully saturated rings. The van der Waals surface area contributed by atoms with Gasteiger partial charge in [-0.1, -0.05) is 0 Å². The Morgan fingerprint density at radius 1 is 0.472 bits per heavy atom. The zero-order valence-corrected chi connectivity index (χ0v) is 26.4. The van der Waals surface area contributed by atoms with Gasteiger partial charge in [0.2, 0.25) is 0 Å². The van der Waals surface area contributed by atoms with Crippen molar-refractivity contribution in [1.29, 1.82) is 0 Å². The average Bonchev–Trinajstić information content (AvgIpc) is 2.91. The van der Waals surface area contributed by atoms with Gasteiger partial charge in [0.1, 0.15) is 0 Å². The third kappa shape index (κ3) is 15.5. The van der Waals surface area contributed by atoms with Crippen LogP contribution in [0.1, 0.15) is 0 Å². The molecule has 4 heterocycles. The fraction of sp³-hybridized carbons (Fsp3) is 1.00. The minimum absolute atomic E-state index is 0. The fourth-order valence-corrected chi connectivity index (χ4v) is 5.11. The molecule has 4 rings (SSSR count). The van der Waals surface area contributed by atoms with E-state index in [1.54, 1.807) is 0 Å². The molecule has 1 radical (unpaired) electrons. The Hall–Kier alpha value is 0.914. The molecule has 0 aromatic carbocycles. The first-order chi connectivity index (χ1) is 16.8. The number of nitrogens with one attached hydrogen (secondary N) is 4. The number of rotatable bonds is 11. The van der Waals surface area contributed by atoms with Gasteiger partial charge in [-0.15, -0.1) is 24.0 Å². The van der Waals surface area contributed by atoms with E-state index in [1.807, 2.05) is 0 Å². The Labute approximate surface area is 250 Å². The third-order valence-corrected chi connectivity index (χ3v) is 7.48. The van der Waals surface area contributed by atoms with Crippen LogP contribution < -0.4 is 27.0 Å². The predicted octanol–water partition coefficient (Wildman–Crippen LogP) is -2.53. The van der Waals surface area contributed by atoms with Gasteiger partial charge in [0.15, 0.2) is 0 Å². The van der Waals surface area contributed by atoms with Crippen molar-refractivity contribution in [3.05, 3.63) is 0 Å². The largest absolute Gasteiger partial charge is 0.329 e. The molecule has 0 saturated carbocycles. The Morgan fingerprint density at radius 2 is 0.722 bits per heavy atom. The van der Waals surface area contributed by atoms with Gasteiger partial charge in [-0.3, -0.25) is 24.5 Å². The zero-order chi connectivity index (χ0) is 23.7. The average molecular weight is 662 g/mol. The van der Waals surface area contributed by atoms with Crippen molar-refractivity contribution in [2.45, 2.75) is 0 Å². The molecule has 0 aromatic rings. The van der Waals surface area contributed by atoms with Crippen molar-refractivity contribution >= 4 is 24.0 Å². The molecule has 0 bridgehead atoms. The van der Waals surface area contributed by atoms with Crippen LogP contribution in [-0.4, -0.2) is 182 Å². The summed E-state index contributed by atoms with van der Waals surface area (Å²) in [6, 6.07) is 0. The molecule has 6 N–H and O–H groups in total. The van der Waals surface area contributed by atoms with Crippen molar-refractivity contribution in [1.82, 2.24) is 45.8 Å². The summed E-state index contributed by atoms with van der Waals surface area (Å²) in [7, 11) is 0. The summed E-state index contributed by atoms with van der Waals surface area (Å²) in [5.74, 6) is 0. The summed E-state index contributed by atoms with van der Waals surface area (Å²) in [6.45, 7) is 28.0. The molecule has 0 aliphatic carbocycles. The van der Waals surface area contributed by atoms with E-state index in [4.69, 9.17) is 5.73 Å². The number of nitrogens with zero attached hydrogens (tertiary/aromatic N) is 5. The first kappa shape index (κ1) is 34.9. The normalized spacial score (nSPS) is 22.8. The van der Waals surface area contributed by atoms with Crippen LogP contribution in [0.25, 0.3) is 0 Å². The van der Waals surface area contributed by atoms with Gasteiger partial charge in [-0.05, 0) is 0 Å². The summed E-state index contributed by atoms with van der Waals surface area (Å²) in [5.41, 5.74) is 5.40. The predicted molar refractivity (Wildman–Crippen MR) is 158 cm³/mol. The molecular formula is C24H55IN10V. The number of hydrogen-bond acceptors (Lipinski definition) is 10. The van der Waals surface area contributed by atoms with Crippen molar-refractivity contribution in [3.63, 3.8) is 0 Å². The molecule has 0 amide bonds. The van der Waals surface area contributed by atoms with Crippen LogP contribution in [0.2, 0.25) is 0 Å². The quantitative estimate of drug-likeness (QED) is 0.153. The first-order valence-electron chi connectivity index (χ1n) is 14.0. The summed E-state index contributed by atoms with van der Waals surface area (Å²) in [5, 5.41) is 13.7. The van der Waals surface area contributed by atoms with E-state index in [2.05, 4.69) is 45.8 Å². The molecule has 4 aliphatic heterocycles. The van der Waals surface area contributed by atoms with E-state index in [0.29, 0.717) is 0 Å². The monoisotopic (exact) mass is 661 g/mol. The number of hydrogen-bond donors (Lipinski definition) is 5. The smallest absolute Gasteiger partial charge is 0.0110 e. The standard InChI is InChI=1S/C18H39N7.C6H15N3.HI.V/c1-7-22(8-2-19-1)13-16-25(17-14-23-9-3-20-4-10-23)18-15-24-11-5-21-6-12-24;7-1-4-9-5-2-8-3-6-9;;/h19-21H,1-18H2;8H,1-7H2;1H;. The molecule has 36 heavy (non-hydrogen) atoms. The summed E-state index contributed by atoms with van der Waals surface area (Å²) < 4.78 is 0. The van der Waals surface area contributed by atoms with Gasteiger partial charge >= 0.3 is 0 Å². The molecule has 0 aromatic heterocycles. The van der Waals surface area contributed by atoms with Crippen molar-refractivity contribution in [2.75, 3.05) is 157 Å². The number of nitrogens with two attached hydrogens (primary N) is 1. The van der Waals surface area contributed by atoms with Gasteiger partial charge < -0.3 is 27.0 Å². The van der Waals surface area contributed by atoms with Crippen LogP contribution >= 0.6 is 24.0 Å². The molecule has 0 unspecified atom stereocenters. The fourth-order valence-electron chi connectivity index (χ4n) is 5.11. The van der Waals surface area contributed by atoms with Gasteiger partial charge in [-0.25, -0.2) is 0 Å². The van der Waals surface area contributed by atoms with E-state index >= 15 is 0 Å². The van der Waals surface area contributed by atoms with Crippen LogP contribution in [0, 0.1) is 0 Å². The molecule has 0 atom stereocenters. The maximum atomic E-state index is 5.40. The Bertz CT molecular complexity index is 430. The van der Waals surface area contributed by atoms with Crippen molar-refractivity contribution in [2.24, 2.45) is 5.73 Å². The molecule has 12 heteroatoms. The topological polar surface area (TPSA) is 90.3 Å². The van der Waals surface area contributed by atoms with E-state index in [9.17, 15) is 0 Å². The summed E-state index contributed by atoms with van der Waals surface area (Å²) in [6.07, 6.45) is 0. The minimum atomic E-state index is 0. The van der Waals surface area contributed by atoms with Gasteiger partial charge in [-0.2, -0.15) is 0 Å². The Kier molecular flexibility index (Phi) is 22.0. The molecule has 10 nitrogen and oxygen atoms in total. The first-order valence-corrected chi connectivity index (χ1v) is 14.0. The number of halogens is 1. The molecule has 0 spiro atoms. The van der Waals surface area contributed by atoms with Crippen LogP contribution in [0.3, 0.4) is 0 Å². The van der Waals surface area contributed by atoms with Gasteiger partial charge in [0.05, 0.1) is 0 Å². The zero-order valence-electron chi connectivity index (χ0n) is 22.6. The SMILES string of the molecule is C1CN(CCN(CCN2CCNCC2)CCN2CCNCC2)CCN1.I.NCCN1CCNCC1.[V]. The van der Waals surface area contributed by atoms with E-state index in [-0.39, 0.29) is 42.5 Å². The van der Waals surface area contributed by atoms with E-state index in [1.165, 1.54) is 78.5 Å². The van der Waals surface area contributed by atoms with E-state index < -0.39 is 0 Å². The van der Waals surface area contributed by atoms with Crippen LogP contribution in [-0.2, 0) is 18.6 Å². The molecule has 213 valence electrons. The number of piperazine rings is 4. The van der Waals surface area contributed by atoms with Gasteiger partial charge in [0, 0.05) is 176 Å². The van der Waals surface area contributed by atoms with Crippen LogP contribution in [0.5, 0.6) is 0 Å².